The molecule has 2 aliphatic rings. The molecule has 0 bridgehead atoms. The van der Waals surface area contributed by atoms with Gasteiger partial charge in [-0.3, -0.25) is 14.7 Å². The molecule has 1 heterocycles. The highest BCUT2D eigenvalue weighted by atomic mass is 16.1. The lowest BCUT2D eigenvalue weighted by Crippen LogP contribution is -2.35. The van der Waals surface area contributed by atoms with Crippen LogP contribution in [0.3, 0.4) is 0 Å². The first-order valence-electron chi connectivity index (χ1n) is 11.8. The van der Waals surface area contributed by atoms with Crippen molar-refractivity contribution in [1.29, 1.82) is 0 Å². The van der Waals surface area contributed by atoms with Gasteiger partial charge in [-0.05, 0) is 56.1 Å². The van der Waals surface area contributed by atoms with E-state index in [1.807, 2.05) is 18.5 Å². The van der Waals surface area contributed by atoms with Crippen molar-refractivity contribution in [3.8, 4) is 0 Å². The smallest absolute Gasteiger partial charge is 0.216 e. The minimum absolute atomic E-state index is 0.205. The molecular formula is C24H39N5O. The van der Waals surface area contributed by atoms with Crippen LogP contribution in [0, 0.1) is 11.8 Å². The fraction of sp³-hybridized carbons (Fsp3) is 0.708. The summed E-state index contributed by atoms with van der Waals surface area (Å²) in [5.74, 6) is 1.83. The van der Waals surface area contributed by atoms with E-state index in [9.17, 15) is 4.79 Å². The van der Waals surface area contributed by atoms with Crippen molar-refractivity contribution < 1.29 is 4.79 Å². The largest absolute Gasteiger partial charge is 0.381 e. The van der Waals surface area contributed by atoms with Crippen molar-refractivity contribution in [2.24, 2.45) is 22.6 Å². The third kappa shape index (κ3) is 7.29. The minimum atomic E-state index is 0.205. The van der Waals surface area contributed by atoms with Gasteiger partial charge in [-0.15, -0.1) is 0 Å². The van der Waals surface area contributed by atoms with Crippen molar-refractivity contribution >= 4 is 18.1 Å². The van der Waals surface area contributed by atoms with E-state index in [-0.39, 0.29) is 6.04 Å². The second-order valence-corrected chi connectivity index (χ2v) is 9.29. The van der Waals surface area contributed by atoms with E-state index in [2.05, 4.69) is 16.4 Å². The average molecular weight is 414 g/mol. The van der Waals surface area contributed by atoms with E-state index < -0.39 is 0 Å². The molecular weight excluding hydrogens is 374 g/mol. The maximum Gasteiger partial charge on any atom is 0.216 e. The summed E-state index contributed by atoms with van der Waals surface area (Å²) in [6.45, 7) is 0. The van der Waals surface area contributed by atoms with Crippen molar-refractivity contribution in [1.82, 2.24) is 9.88 Å². The van der Waals surface area contributed by atoms with E-state index in [1.165, 1.54) is 62.7 Å². The number of aliphatic imine (C=N–C) groups is 1. The summed E-state index contributed by atoms with van der Waals surface area (Å²) in [6.07, 6.45) is 19.5. The molecule has 2 saturated carbocycles. The SMILES string of the molecule is CN(C=O)C(N)=N[C@H](CCC1CCCCC1)C[C@H]1CCC[C@@H](Nc2cccnc2)C1. The van der Waals surface area contributed by atoms with E-state index in [4.69, 9.17) is 10.7 Å². The summed E-state index contributed by atoms with van der Waals surface area (Å²) in [4.78, 5) is 21.5. The molecule has 0 aliphatic heterocycles. The molecule has 2 fully saturated rings. The first kappa shape index (κ1) is 22.6. The monoisotopic (exact) mass is 413 g/mol. The van der Waals surface area contributed by atoms with Crippen LogP contribution in [0.4, 0.5) is 5.69 Å². The van der Waals surface area contributed by atoms with Gasteiger partial charge in [-0.25, -0.2) is 4.99 Å². The predicted octanol–water partition coefficient (Wildman–Crippen LogP) is 4.57. The molecule has 3 atom stereocenters. The average Bonchev–Trinajstić information content (AvgIpc) is 2.78. The van der Waals surface area contributed by atoms with Gasteiger partial charge in [0, 0.05) is 25.5 Å². The van der Waals surface area contributed by atoms with Gasteiger partial charge < -0.3 is 11.1 Å². The fourth-order valence-electron chi connectivity index (χ4n) is 5.18. The molecule has 1 aromatic rings. The maximum absolute atomic E-state index is 11.1. The lowest BCUT2D eigenvalue weighted by Gasteiger charge is -2.32. The number of hydrogen-bond donors (Lipinski definition) is 2. The highest BCUT2D eigenvalue weighted by Crippen LogP contribution is 2.33. The molecule has 1 amide bonds. The molecule has 0 unspecified atom stereocenters. The Hall–Kier alpha value is -2.11. The van der Waals surface area contributed by atoms with Gasteiger partial charge in [-0.1, -0.05) is 44.9 Å². The van der Waals surface area contributed by atoms with Gasteiger partial charge in [0.25, 0.3) is 0 Å². The van der Waals surface area contributed by atoms with Crippen LogP contribution in [0.1, 0.15) is 77.0 Å². The molecule has 0 spiro atoms. The van der Waals surface area contributed by atoms with Gasteiger partial charge in [0.2, 0.25) is 6.41 Å². The molecule has 30 heavy (non-hydrogen) atoms. The van der Waals surface area contributed by atoms with Crippen molar-refractivity contribution in [3.63, 3.8) is 0 Å². The Morgan fingerprint density at radius 2 is 2.07 bits per heavy atom. The second kappa shape index (κ2) is 11.9. The highest BCUT2D eigenvalue weighted by Gasteiger charge is 2.26. The Morgan fingerprint density at radius 1 is 1.27 bits per heavy atom. The third-order valence-corrected chi connectivity index (χ3v) is 6.89. The predicted molar refractivity (Wildman–Crippen MR) is 123 cm³/mol. The summed E-state index contributed by atoms with van der Waals surface area (Å²) in [7, 11) is 1.68. The molecule has 3 N–H and O–H groups in total. The lowest BCUT2D eigenvalue weighted by molar-refractivity contribution is -0.114. The number of hydrogen-bond acceptors (Lipinski definition) is 4. The number of nitrogens with one attached hydrogen (secondary N) is 1. The number of guanidine groups is 1. The van der Waals surface area contributed by atoms with Gasteiger partial charge in [-0.2, -0.15) is 0 Å². The molecule has 0 aromatic carbocycles. The quantitative estimate of drug-likeness (QED) is 0.353. The molecule has 0 saturated heterocycles. The van der Waals surface area contributed by atoms with Crippen molar-refractivity contribution in [2.45, 2.75) is 89.1 Å². The van der Waals surface area contributed by atoms with E-state index in [1.54, 1.807) is 7.05 Å². The molecule has 6 nitrogen and oxygen atoms in total. The maximum atomic E-state index is 11.1. The number of carbonyl (C=O) groups excluding carboxylic acids is 1. The van der Waals surface area contributed by atoms with Crippen LogP contribution in [0.2, 0.25) is 0 Å². The zero-order valence-corrected chi connectivity index (χ0v) is 18.5. The van der Waals surface area contributed by atoms with Gasteiger partial charge in [0.05, 0.1) is 11.7 Å². The standard InChI is InChI=1S/C24H39N5O/c1-29(18-30)24(25)28-22(13-12-19-7-3-2-4-8-19)16-20-9-5-10-21(15-20)27-23-11-6-14-26-17-23/h6,11,14,17-22,27H,2-5,7-10,12-13,15-16H2,1H3,(H2,25,28)/t20-,21+,22+/m0/s1. The zero-order chi connectivity index (χ0) is 21.2. The number of amides is 1. The number of rotatable bonds is 9. The zero-order valence-electron chi connectivity index (χ0n) is 18.5. The van der Waals surface area contributed by atoms with Crippen LogP contribution in [0.5, 0.6) is 0 Å². The van der Waals surface area contributed by atoms with Crippen molar-refractivity contribution in [3.05, 3.63) is 24.5 Å². The topological polar surface area (TPSA) is 83.6 Å². The number of carbonyl (C=O) groups is 1. The van der Waals surface area contributed by atoms with Gasteiger partial charge in [0.1, 0.15) is 0 Å². The first-order valence-corrected chi connectivity index (χ1v) is 11.8. The second-order valence-electron chi connectivity index (χ2n) is 9.29. The van der Waals surface area contributed by atoms with E-state index in [0.717, 1.165) is 37.3 Å². The third-order valence-electron chi connectivity index (χ3n) is 6.89. The molecule has 6 heteroatoms. The summed E-state index contributed by atoms with van der Waals surface area (Å²) in [6, 6.07) is 4.76. The summed E-state index contributed by atoms with van der Waals surface area (Å²) in [5, 5.41) is 3.66. The Balaban J connectivity index is 1.58. The molecule has 0 radical (unpaired) electrons. The van der Waals surface area contributed by atoms with Crippen LogP contribution >= 0.6 is 0 Å². The van der Waals surface area contributed by atoms with Crippen LogP contribution in [-0.2, 0) is 4.79 Å². The van der Waals surface area contributed by atoms with Crippen LogP contribution < -0.4 is 11.1 Å². The first-order chi connectivity index (χ1) is 14.6. The number of pyridine rings is 1. The van der Waals surface area contributed by atoms with Gasteiger partial charge >= 0.3 is 0 Å². The van der Waals surface area contributed by atoms with E-state index >= 15 is 0 Å². The number of nitrogens with two attached hydrogens (primary N) is 1. The highest BCUT2D eigenvalue weighted by molar-refractivity contribution is 5.87. The number of nitrogens with zero attached hydrogens (tertiary/aromatic N) is 3. The Kier molecular flexibility index (Phi) is 8.97. The number of anilines is 1. The molecule has 2 aliphatic carbocycles. The summed E-state index contributed by atoms with van der Waals surface area (Å²) < 4.78 is 0. The summed E-state index contributed by atoms with van der Waals surface area (Å²) >= 11 is 0. The Labute approximate surface area is 181 Å². The summed E-state index contributed by atoms with van der Waals surface area (Å²) in [5.41, 5.74) is 7.20. The fourth-order valence-corrected chi connectivity index (χ4v) is 5.18. The van der Waals surface area contributed by atoms with Crippen LogP contribution in [0.25, 0.3) is 0 Å². The molecule has 166 valence electrons. The molecule has 3 rings (SSSR count). The Morgan fingerprint density at radius 3 is 2.80 bits per heavy atom. The lowest BCUT2D eigenvalue weighted by atomic mass is 9.80. The number of aromatic nitrogens is 1. The van der Waals surface area contributed by atoms with E-state index in [0.29, 0.717) is 17.9 Å². The van der Waals surface area contributed by atoms with Crippen LogP contribution in [0.15, 0.2) is 29.5 Å². The molecule has 1 aromatic heterocycles. The minimum Gasteiger partial charge on any atom is -0.381 e. The van der Waals surface area contributed by atoms with Crippen LogP contribution in [-0.4, -0.2) is 41.4 Å². The normalized spacial score (nSPS) is 24.2. The van der Waals surface area contributed by atoms with Gasteiger partial charge in [0.15, 0.2) is 5.96 Å². The van der Waals surface area contributed by atoms with Crippen molar-refractivity contribution in [2.75, 3.05) is 12.4 Å². The Bertz CT molecular complexity index is 659.